The van der Waals surface area contributed by atoms with Gasteiger partial charge in [0.25, 0.3) is 5.91 Å². The molecule has 1 heterocycles. The lowest BCUT2D eigenvalue weighted by atomic mass is 10.3. The minimum atomic E-state index is -0.386. The van der Waals surface area contributed by atoms with Crippen molar-refractivity contribution in [3.63, 3.8) is 0 Å². The van der Waals surface area contributed by atoms with Crippen molar-refractivity contribution in [3.05, 3.63) is 46.8 Å². The Labute approximate surface area is 129 Å². The molecule has 1 aromatic heterocycles. The molecule has 0 fully saturated rings. The number of halogens is 2. The van der Waals surface area contributed by atoms with E-state index in [2.05, 4.69) is 26.2 Å². The van der Waals surface area contributed by atoms with Gasteiger partial charge in [0.15, 0.2) is 6.61 Å². The number of hydrogen-bond donors (Lipinski definition) is 1. The minimum absolute atomic E-state index is 0.198. The fraction of sp³-hybridized carbons (Fsp3) is 0.143. The van der Waals surface area contributed by atoms with E-state index < -0.39 is 0 Å². The fourth-order valence-corrected chi connectivity index (χ4v) is 1.97. The van der Waals surface area contributed by atoms with E-state index in [0.29, 0.717) is 21.8 Å². The summed E-state index contributed by atoms with van der Waals surface area (Å²) in [6.07, 6.45) is 1.48. The van der Waals surface area contributed by atoms with E-state index in [1.165, 1.54) is 31.5 Å². The summed E-state index contributed by atoms with van der Waals surface area (Å²) in [5.74, 6) is 0.111. The maximum Gasteiger partial charge on any atom is 0.262 e. The van der Waals surface area contributed by atoms with Crippen LogP contribution in [0.3, 0.4) is 0 Å². The van der Waals surface area contributed by atoms with Gasteiger partial charge in [-0.25, -0.2) is 9.37 Å². The maximum absolute atomic E-state index is 12.9. The number of carbonyl (C=O) groups excluding carboxylic acids is 1. The molecule has 7 heteroatoms. The van der Waals surface area contributed by atoms with Crippen LogP contribution in [0.1, 0.15) is 0 Å². The van der Waals surface area contributed by atoms with Crippen molar-refractivity contribution in [2.75, 3.05) is 19.0 Å². The Morgan fingerprint density at radius 3 is 2.81 bits per heavy atom. The van der Waals surface area contributed by atoms with Gasteiger partial charge in [0, 0.05) is 6.07 Å². The van der Waals surface area contributed by atoms with Gasteiger partial charge in [-0.2, -0.15) is 0 Å². The SMILES string of the molecule is COc1ccc(NC(=O)COc2ccc(F)cc2Br)cn1. The Bertz CT molecular complexity index is 635. The minimum Gasteiger partial charge on any atom is -0.483 e. The van der Waals surface area contributed by atoms with Crippen molar-refractivity contribution in [2.24, 2.45) is 0 Å². The van der Waals surface area contributed by atoms with Crippen LogP contribution in [-0.2, 0) is 4.79 Å². The van der Waals surface area contributed by atoms with Crippen molar-refractivity contribution >= 4 is 27.5 Å². The van der Waals surface area contributed by atoms with Gasteiger partial charge in [0.1, 0.15) is 11.6 Å². The molecule has 0 aliphatic rings. The number of pyridine rings is 1. The number of hydrogen-bond acceptors (Lipinski definition) is 4. The number of carbonyl (C=O) groups is 1. The average molecular weight is 355 g/mol. The van der Waals surface area contributed by atoms with Gasteiger partial charge in [0.2, 0.25) is 5.88 Å². The molecule has 0 atom stereocenters. The van der Waals surface area contributed by atoms with Gasteiger partial charge in [-0.1, -0.05) is 0 Å². The number of nitrogens with one attached hydrogen (secondary N) is 1. The standard InChI is InChI=1S/C14H12BrFN2O3/c1-20-14-5-3-10(7-17-14)18-13(19)8-21-12-4-2-9(16)6-11(12)15/h2-7H,8H2,1H3,(H,18,19). The topological polar surface area (TPSA) is 60.5 Å². The van der Waals surface area contributed by atoms with Crippen molar-refractivity contribution in [1.82, 2.24) is 4.98 Å². The molecule has 0 unspecified atom stereocenters. The Hall–Kier alpha value is -2.15. The van der Waals surface area contributed by atoms with Gasteiger partial charge >= 0.3 is 0 Å². The molecule has 0 bridgehead atoms. The van der Waals surface area contributed by atoms with Crippen molar-refractivity contribution in [1.29, 1.82) is 0 Å². The molecule has 110 valence electrons. The van der Waals surface area contributed by atoms with Crippen LogP contribution in [0.15, 0.2) is 41.0 Å². The second kappa shape index (κ2) is 7.03. The van der Waals surface area contributed by atoms with Crippen LogP contribution in [0.5, 0.6) is 11.6 Å². The van der Waals surface area contributed by atoms with Crippen LogP contribution in [0.25, 0.3) is 0 Å². The van der Waals surface area contributed by atoms with Gasteiger partial charge in [-0.3, -0.25) is 4.79 Å². The molecule has 0 aliphatic heterocycles. The number of anilines is 1. The molecule has 0 saturated carbocycles. The molecule has 0 aliphatic carbocycles. The molecule has 5 nitrogen and oxygen atoms in total. The lowest BCUT2D eigenvalue weighted by Gasteiger charge is -2.09. The first-order valence-corrected chi connectivity index (χ1v) is 6.75. The first-order chi connectivity index (χ1) is 10.1. The average Bonchev–Trinajstić information content (AvgIpc) is 2.47. The van der Waals surface area contributed by atoms with Gasteiger partial charge in [0.05, 0.1) is 23.5 Å². The van der Waals surface area contributed by atoms with Crippen LogP contribution in [0, 0.1) is 5.82 Å². The Morgan fingerprint density at radius 2 is 2.19 bits per heavy atom. The van der Waals surface area contributed by atoms with Gasteiger partial charge in [-0.15, -0.1) is 0 Å². The maximum atomic E-state index is 12.9. The lowest BCUT2D eigenvalue weighted by molar-refractivity contribution is -0.118. The third kappa shape index (κ3) is 4.42. The summed E-state index contributed by atoms with van der Waals surface area (Å²) in [6, 6.07) is 7.26. The molecule has 1 N–H and O–H groups in total. The molecule has 0 spiro atoms. The number of ether oxygens (including phenoxy) is 2. The molecular weight excluding hydrogens is 343 g/mol. The highest BCUT2D eigenvalue weighted by Gasteiger charge is 2.07. The first-order valence-electron chi connectivity index (χ1n) is 5.96. The summed E-state index contributed by atoms with van der Waals surface area (Å²) in [5, 5.41) is 2.62. The third-order valence-corrected chi connectivity index (χ3v) is 3.10. The van der Waals surface area contributed by atoms with Crippen LogP contribution in [0.4, 0.5) is 10.1 Å². The van der Waals surface area contributed by atoms with Crippen molar-refractivity contribution < 1.29 is 18.7 Å². The smallest absolute Gasteiger partial charge is 0.262 e. The van der Waals surface area contributed by atoms with E-state index in [9.17, 15) is 9.18 Å². The molecule has 2 aromatic rings. The quantitative estimate of drug-likeness (QED) is 0.896. The number of benzene rings is 1. The highest BCUT2D eigenvalue weighted by atomic mass is 79.9. The highest BCUT2D eigenvalue weighted by Crippen LogP contribution is 2.25. The largest absolute Gasteiger partial charge is 0.483 e. The zero-order chi connectivity index (χ0) is 15.2. The number of rotatable bonds is 5. The predicted molar refractivity (Wildman–Crippen MR) is 79.0 cm³/mol. The molecule has 1 aromatic carbocycles. The summed E-state index contributed by atoms with van der Waals surface area (Å²) >= 11 is 3.16. The normalized spacial score (nSPS) is 10.0. The molecule has 1 amide bonds. The predicted octanol–water partition coefficient (Wildman–Crippen LogP) is 3.01. The van der Waals surface area contributed by atoms with E-state index in [-0.39, 0.29) is 18.3 Å². The zero-order valence-corrected chi connectivity index (χ0v) is 12.7. The van der Waals surface area contributed by atoms with E-state index in [4.69, 9.17) is 9.47 Å². The van der Waals surface area contributed by atoms with Gasteiger partial charge < -0.3 is 14.8 Å². The van der Waals surface area contributed by atoms with Crippen LogP contribution in [-0.4, -0.2) is 24.6 Å². The molecule has 0 saturated heterocycles. The van der Waals surface area contributed by atoms with Crippen LogP contribution < -0.4 is 14.8 Å². The monoisotopic (exact) mass is 354 g/mol. The second-order valence-corrected chi connectivity index (χ2v) is 4.86. The second-order valence-electron chi connectivity index (χ2n) is 4.00. The summed E-state index contributed by atoms with van der Waals surface area (Å²) in [4.78, 5) is 15.7. The van der Waals surface area contributed by atoms with Gasteiger partial charge in [-0.05, 0) is 40.2 Å². The molecule has 21 heavy (non-hydrogen) atoms. The van der Waals surface area contributed by atoms with Crippen molar-refractivity contribution in [2.45, 2.75) is 0 Å². The summed E-state index contributed by atoms with van der Waals surface area (Å²) in [5.41, 5.74) is 0.530. The third-order valence-electron chi connectivity index (χ3n) is 2.48. The highest BCUT2D eigenvalue weighted by molar-refractivity contribution is 9.10. The Morgan fingerprint density at radius 1 is 1.38 bits per heavy atom. The summed E-state index contributed by atoms with van der Waals surface area (Å²) < 4.78 is 23.6. The Kier molecular flexibility index (Phi) is 5.10. The molecule has 0 radical (unpaired) electrons. The first kappa shape index (κ1) is 15.2. The fourth-order valence-electron chi connectivity index (χ4n) is 1.51. The molecular formula is C14H12BrFN2O3. The zero-order valence-electron chi connectivity index (χ0n) is 11.1. The van der Waals surface area contributed by atoms with Crippen LogP contribution >= 0.6 is 15.9 Å². The number of methoxy groups -OCH3 is 1. The molecule has 2 rings (SSSR count). The Balaban J connectivity index is 1.89. The van der Waals surface area contributed by atoms with Crippen LogP contribution in [0.2, 0.25) is 0 Å². The van der Waals surface area contributed by atoms with E-state index in [1.807, 2.05) is 0 Å². The summed E-state index contributed by atoms with van der Waals surface area (Å²) in [7, 11) is 1.51. The van der Waals surface area contributed by atoms with E-state index in [0.717, 1.165) is 0 Å². The number of aromatic nitrogens is 1. The van der Waals surface area contributed by atoms with Crippen molar-refractivity contribution in [3.8, 4) is 11.6 Å². The van der Waals surface area contributed by atoms with E-state index in [1.54, 1.807) is 12.1 Å². The summed E-state index contributed by atoms with van der Waals surface area (Å²) in [6.45, 7) is -0.198. The number of nitrogens with zero attached hydrogens (tertiary/aromatic N) is 1. The number of amides is 1. The van der Waals surface area contributed by atoms with E-state index >= 15 is 0 Å². The lowest BCUT2D eigenvalue weighted by Crippen LogP contribution is -2.20.